The average molecular weight is 223 g/mol. The van der Waals surface area contributed by atoms with E-state index in [0.717, 1.165) is 0 Å². The molecule has 0 saturated carbocycles. The molecule has 1 aromatic rings. The fraction of sp³-hybridized carbons (Fsp3) is 0.231. The molecule has 2 radical (unpaired) electrons. The van der Waals surface area contributed by atoms with E-state index in [9.17, 15) is 4.79 Å². The maximum atomic E-state index is 11.8. The summed E-state index contributed by atoms with van der Waals surface area (Å²) in [6, 6.07) is 8.78. The number of nitriles is 1. The summed E-state index contributed by atoms with van der Waals surface area (Å²) >= 11 is 0. The lowest BCUT2D eigenvalue weighted by atomic mass is 9.85. The summed E-state index contributed by atoms with van der Waals surface area (Å²) in [6.45, 7) is 3.36. The molecule has 0 aromatic heterocycles. The Morgan fingerprint density at radius 1 is 1.29 bits per heavy atom. The normalized spacial score (nSPS) is 17.8. The fourth-order valence-electron chi connectivity index (χ4n) is 1.69. The summed E-state index contributed by atoms with van der Waals surface area (Å²) in [4.78, 5) is 11.8. The van der Waals surface area contributed by atoms with Crippen LogP contribution in [0.2, 0.25) is 0 Å². The quantitative estimate of drug-likeness (QED) is 0.681. The zero-order chi connectivity index (χ0) is 12.6. The fourth-order valence-corrected chi connectivity index (χ4v) is 1.69. The van der Waals surface area contributed by atoms with Gasteiger partial charge in [0.15, 0.2) is 11.4 Å². The molecule has 0 fully saturated rings. The van der Waals surface area contributed by atoms with Crippen LogP contribution < -0.4 is 0 Å². The first-order valence-electron chi connectivity index (χ1n) is 5.20. The van der Waals surface area contributed by atoms with Crippen molar-refractivity contribution in [3.05, 3.63) is 40.9 Å². The van der Waals surface area contributed by atoms with Crippen LogP contribution in [-0.2, 0) is 9.53 Å². The van der Waals surface area contributed by atoms with Crippen molar-refractivity contribution in [2.45, 2.75) is 19.4 Å². The van der Waals surface area contributed by atoms with Gasteiger partial charge in [0.2, 0.25) is 0 Å². The minimum absolute atomic E-state index is 0.139. The van der Waals surface area contributed by atoms with Gasteiger partial charge >= 0.3 is 0 Å². The number of ether oxygens (including phenoxy) is 1. The van der Waals surface area contributed by atoms with Gasteiger partial charge in [-0.05, 0) is 43.6 Å². The Kier molecular flexibility index (Phi) is 2.55. The molecule has 3 nitrogen and oxygen atoms in total. The van der Waals surface area contributed by atoms with Crippen molar-refractivity contribution in [2.24, 2.45) is 0 Å². The Labute approximate surface area is 101 Å². The summed E-state index contributed by atoms with van der Waals surface area (Å²) in [5.74, 6) is 0.182. The van der Waals surface area contributed by atoms with Crippen molar-refractivity contribution < 1.29 is 9.53 Å². The molecule has 0 atom stereocenters. The standard InChI is InChI=1S/C13H10BNO2/c1-13(2)12(16)10(14)11(17-13)9-5-3-8(7-15)4-6-9/h3-6H,1-2H3. The van der Waals surface area contributed by atoms with E-state index in [4.69, 9.17) is 17.8 Å². The summed E-state index contributed by atoms with van der Waals surface area (Å²) in [5.41, 5.74) is 0.490. The van der Waals surface area contributed by atoms with Crippen LogP contribution in [0.25, 0.3) is 5.76 Å². The van der Waals surface area contributed by atoms with Crippen LogP contribution in [-0.4, -0.2) is 19.2 Å². The number of carbonyl (C=O) groups excluding carboxylic acids is 1. The Morgan fingerprint density at radius 2 is 1.88 bits per heavy atom. The third-order valence-electron chi connectivity index (χ3n) is 2.67. The van der Waals surface area contributed by atoms with Gasteiger partial charge in [-0.1, -0.05) is 0 Å². The number of hydrogen-bond donors (Lipinski definition) is 0. The number of nitrogens with zero attached hydrogens (tertiary/aromatic N) is 1. The molecular formula is C13H10BNO2. The van der Waals surface area contributed by atoms with E-state index < -0.39 is 5.60 Å². The number of carbonyl (C=O) groups is 1. The van der Waals surface area contributed by atoms with Crippen molar-refractivity contribution in [3.63, 3.8) is 0 Å². The maximum absolute atomic E-state index is 11.8. The van der Waals surface area contributed by atoms with Crippen LogP contribution >= 0.6 is 0 Å². The summed E-state index contributed by atoms with van der Waals surface area (Å²) in [6.07, 6.45) is 0. The number of Topliss-reactive ketones (excluding diaryl/α,β-unsaturated/α-hetero) is 1. The van der Waals surface area contributed by atoms with Crippen LogP contribution in [0.4, 0.5) is 0 Å². The lowest BCUT2D eigenvalue weighted by Crippen LogP contribution is -2.29. The smallest absolute Gasteiger partial charge is 0.195 e. The van der Waals surface area contributed by atoms with Gasteiger partial charge in [-0.25, -0.2) is 0 Å². The predicted octanol–water partition coefficient (Wildman–Crippen LogP) is 1.77. The van der Waals surface area contributed by atoms with Gasteiger partial charge in [-0.3, -0.25) is 4.79 Å². The molecular weight excluding hydrogens is 213 g/mol. The molecule has 0 unspecified atom stereocenters. The van der Waals surface area contributed by atoms with Crippen molar-refractivity contribution in [2.75, 3.05) is 0 Å². The number of ketones is 1. The van der Waals surface area contributed by atoms with E-state index in [0.29, 0.717) is 16.9 Å². The van der Waals surface area contributed by atoms with Gasteiger partial charge in [-0.15, -0.1) is 0 Å². The van der Waals surface area contributed by atoms with E-state index in [1.807, 2.05) is 6.07 Å². The Hall–Kier alpha value is -2.02. The first-order chi connectivity index (χ1) is 7.95. The zero-order valence-corrected chi connectivity index (χ0v) is 9.65. The summed E-state index contributed by atoms with van der Waals surface area (Å²) in [7, 11) is 5.74. The lowest BCUT2D eigenvalue weighted by molar-refractivity contribution is -0.126. The van der Waals surface area contributed by atoms with Crippen molar-refractivity contribution in [1.29, 1.82) is 5.26 Å². The number of benzene rings is 1. The minimum Gasteiger partial charge on any atom is -0.480 e. The Balaban J connectivity index is 2.42. The molecule has 0 aliphatic carbocycles. The molecule has 2 rings (SSSR count). The van der Waals surface area contributed by atoms with Gasteiger partial charge in [0, 0.05) is 5.56 Å². The second-order valence-corrected chi connectivity index (χ2v) is 4.37. The molecule has 1 heterocycles. The van der Waals surface area contributed by atoms with Crippen molar-refractivity contribution in [3.8, 4) is 6.07 Å². The van der Waals surface area contributed by atoms with Crippen LogP contribution in [0.15, 0.2) is 29.7 Å². The van der Waals surface area contributed by atoms with E-state index in [2.05, 4.69) is 0 Å². The molecule has 0 saturated heterocycles. The Bertz CT molecular complexity index is 550. The van der Waals surface area contributed by atoms with E-state index in [1.54, 1.807) is 38.1 Å². The largest absolute Gasteiger partial charge is 0.480 e. The maximum Gasteiger partial charge on any atom is 0.195 e. The molecule has 0 bridgehead atoms. The molecule has 1 aromatic carbocycles. The van der Waals surface area contributed by atoms with Crippen molar-refractivity contribution in [1.82, 2.24) is 0 Å². The highest BCUT2D eigenvalue weighted by Crippen LogP contribution is 2.34. The third-order valence-corrected chi connectivity index (χ3v) is 2.67. The molecule has 4 heteroatoms. The SMILES string of the molecule is [B]C1=C(c2ccc(C#N)cc2)OC(C)(C)C1=O. The molecule has 82 valence electrons. The molecule has 0 amide bonds. The van der Waals surface area contributed by atoms with Crippen molar-refractivity contribution >= 4 is 19.4 Å². The topological polar surface area (TPSA) is 50.1 Å². The van der Waals surface area contributed by atoms with Gasteiger partial charge in [-0.2, -0.15) is 5.26 Å². The van der Waals surface area contributed by atoms with Crippen LogP contribution in [0, 0.1) is 11.3 Å². The lowest BCUT2D eigenvalue weighted by Gasteiger charge is -2.18. The number of rotatable bonds is 1. The van der Waals surface area contributed by atoms with Crippen LogP contribution in [0.1, 0.15) is 25.0 Å². The first kappa shape index (κ1) is 11.5. The molecule has 17 heavy (non-hydrogen) atoms. The average Bonchev–Trinajstić information content (AvgIpc) is 2.53. The van der Waals surface area contributed by atoms with Gasteiger partial charge in [0.05, 0.1) is 11.6 Å². The summed E-state index contributed by atoms with van der Waals surface area (Å²) < 4.78 is 5.56. The highest BCUT2D eigenvalue weighted by molar-refractivity contribution is 6.42. The highest BCUT2D eigenvalue weighted by atomic mass is 16.5. The molecule has 1 aliphatic rings. The Morgan fingerprint density at radius 3 is 2.29 bits per heavy atom. The van der Waals surface area contributed by atoms with E-state index >= 15 is 0 Å². The second kappa shape index (κ2) is 3.78. The van der Waals surface area contributed by atoms with Crippen LogP contribution in [0.5, 0.6) is 0 Å². The molecule has 1 aliphatic heterocycles. The van der Waals surface area contributed by atoms with Crippen LogP contribution in [0.3, 0.4) is 0 Å². The molecule has 0 N–H and O–H groups in total. The van der Waals surface area contributed by atoms with Gasteiger partial charge in [0.25, 0.3) is 0 Å². The zero-order valence-electron chi connectivity index (χ0n) is 9.65. The number of hydrogen-bond acceptors (Lipinski definition) is 3. The van der Waals surface area contributed by atoms with E-state index in [1.165, 1.54) is 0 Å². The third kappa shape index (κ3) is 1.85. The van der Waals surface area contributed by atoms with Gasteiger partial charge < -0.3 is 4.74 Å². The predicted molar refractivity (Wildman–Crippen MR) is 64.0 cm³/mol. The first-order valence-corrected chi connectivity index (χ1v) is 5.20. The molecule has 0 spiro atoms. The monoisotopic (exact) mass is 223 g/mol. The summed E-state index contributed by atoms with van der Waals surface area (Å²) in [5, 5.41) is 8.70. The van der Waals surface area contributed by atoms with E-state index in [-0.39, 0.29) is 11.3 Å². The van der Waals surface area contributed by atoms with Gasteiger partial charge in [0.1, 0.15) is 13.6 Å². The minimum atomic E-state index is -0.909. The second-order valence-electron chi connectivity index (χ2n) is 4.37. The highest BCUT2D eigenvalue weighted by Gasteiger charge is 2.39.